The van der Waals surface area contributed by atoms with Crippen molar-refractivity contribution in [2.45, 2.75) is 25.8 Å². The fourth-order valence-electron chi connectivity index (χ4n) is 1.05. The molecule has 1 heterocycles. The third-order valence-electron chi connectivity index (χ3n) is 1.81. The zero-order valence-corrected chi connectivity index (χ0v) is 6.84. The predicted molar refractivity (Wildman–Crippen MR) is 43.6 cm³/mol. The molecule has 1 fully saturated rings. The summed E-state index contributed by atoms with van der Waals surface area (Å²) in [4.78, 5) is 11.4. The van der Waals surface area contributed by atoms with E-state index in [9.17, 15) is 4.79 Å². The van der Waals surface area contributed by atoms with Crippen LogP contribution in [0.3, 0.4) is 0 Å². The monoisotopic (exact) mass is 166 g/mol. The van der Waals surface area contributed by atoms with E-state index in [0.29, 0.717) is 6.04 Å². The second kappa shape index (κ2) is 2.58. The summed E-state index contributed by atoms with van der Waals surface area (Å²) in [5.74, 6) is 0. The van der Waals surface area contributed by atoms with Gasteiger partial charge in [0.2, 0.25) is 0 Å². The summed E-state index contributed by atoms with van der Waals surface area (Å²) in [7, 11) is 0. The molecule has 0 radical (unpaired) electrons. The van der Waals surface area contributed by atoms with Gasteiger partial charge >= 0.3 is 5.69 Å². The Hall–Kier alpha value is -1.39. The topological polar surface area (TPSA) is 52.7 Å². The number of tetrazole rings is 1. The van der Waals surface area contributed by atoms with E-state index in [4.69, 9.17) is 0 Å². The van der Waals surface area contributed by atoms with Gasteiger partial charge in [0.05, 0.1) is 6.04 Å². The van der Waals surface area contributed by atoms with Crippen LogP contribution >= 0.6 is 0 Å². The van der Waals surface area contributed by atoms with Gasteiger partial charge < -0.3 is 0 Å². The summed E-state index contributed by atoms with van der Waals surface area (Å²) in [6, 6.07) is 0.302. The first-order valence-corrected chi connectivity index (χ1v) is 3.99. The minimum Gasteiger partial charge on any atom is -0.244 e. The lowest BCUT2D eigenvalue weighted by Gasteiger charge is -1.88. The molecule has 0 N–H and O–H groups in total. The minimum atomic E-state index is -0.143. The molecule has 0 unspecified atom stereocenters. The van der Waals surface area contributed by atoms with Gasteiger partial charge in [-0.05, 0) is 30.2 Å². The first kappa shape index (κ1) is 7.27. The van der Waals surface area contributed by atoms with Crippen LogP contribution in [0.5, 0.6) is 0 Å². The fraction of sp³-hybridized carbons (Fsp3) is 0.571. The summed E-state index contributed by atoms with van der Waals surface area (Å²) in [5.41, 5.74) is -0.143. The summed E-state index contributed by atoms with van der Waals surface area (Å²) < 4.78 is 2.69. The van der Waals surface area contributed by atoms with Gasteiger partial charge in [-0.2, -0.15) is 9.36 Å². The fourth-order valence-corrected chi connectivity index (χ4v) is 1.05. The zero-order chi connectivity index (χ0) is 8.55. The van der Waals surface area contributed by atoms with Gasteiger partial charge in [-0.1, -0.05) is 6.08 Å². The molecule has 0 amide bonds. The van der Waals surface area contributed by atoms with E-state index in [1.807, 2.05) is 6.92 Å². The molecular weight excluding hydrogens is 156 g/mol. The van der Waals surface area contributed by atoms with Gasteiger partial charge in [0.25, 0.3) is 0 Å². The van der Waals surface area contributed by atoms with E-state index in [1.54, 1.807) is 12.3 Å². The van der Waals surface area contributed by atoms with Crippen molar-refractivity contribution in [3.63, 3.8) is 0 Å². The van der Waals surface area contributed by atoms with Crippen molar-refractivity contribution in [2.75, 3.05) is 0 Å². The molecule has 2 rings (SSSR count). The molecule has 1 aromatic heterocycles. The molecular formula is C7H10N4O. The summed E-state index contributed by atoms with van der Waals surface area (Å²) in [6.45, 7) is 1.84. The molecule has 64 valence electrons. The molecule has 0 bridgehead atoms. The zero-order valence-electron chi connectivity index (χ0n) is 6.84. The quantitative estimate of drug-likeness (QED) is 0.633. The van der Waals surface area contributed by atoms with Gasteiger partial charge in [-0.15, -0.1) is 0 Å². The van der Waals surface area contributed by atoms with Gasteiger partial charge in [0.15, 0.2) is 0 Å². The first-order chi connectivity index (χ1) is 5.83. The lowest BCUT2D eigenvalue weighted by atomic mass is 10.7. The van der Waals surface area contributed by atoms with E-state index in [0.717, 1.165) is 12.8 Å². The Labute approximate surface area is 69.3 Å². The van der Waals surface area contributed by atoms with Crippen LogP contribution < -0.4 is 5.69 Å². The number of allylic oxidation sites excluding steroid dienone is 1. The average Bonchev–Trinajstić information content (AvgIpc) is 2.82. The SMILES string of the molecule is C/C=C/n1nnn(C2CC2)c1=O. The molecule has 1 aliphatic rings. The average molecular weight is 166 g/mol. The number of aromatic nitrogens is 4. The van der Waals surface area contributed by atoms with Crippen LogP contribution in [0.15, 0.2) is 10.9 Å². The second-order valence-electron chi connectivity index (χ2n) is 2.86. The largest absolute Gasteiger partial charge is 0.368 e. The van der Waals surface area contributed by atoms with Crippen molar-refractivity contribution < 1.29 is 0 Å². The van der Waals surface area contributed by atoms with Crippen molar-refractivity contribution in [2.24, 2.45) is 0 Å². The van der Waals surface area contributed by atoms with Crippen LogP contribution in [0.1, 0.15) is 25.8 Å². The van der Waals surface area contributed by atoms with Crippen LogP contribution in [-0.2, 0) is 0 Å². The Balaban J connectivity index is 2.40. The standard InChI is InChI=1S/C7H10N4O/c1-2-5-10-7(12)11(9-8-10)6-3-4-6/h2,5-6H,3-4H2,1H3/b5-2+. The number of hydrogen-bond donors (Lipinski definition) is 0. The third kappa shape index (κ3) is 1.07. The van der Waals surface area contributed by atoms with Gasteiger partial charge in [0, 0.05) is 6.20 Å². The normalized spacial score (nSPS) is 17.4. The molecule has 5 nitrogen and oxygen atoms in total. The maximum Gasteiger partial charge on any atom is 0.368 e. The van der Waals surface area contributed by atoms with Crippen molar-refractivity contribution in [3.05, 3.63) is 16.6 Å². The summed E-state index contributed by atoms with van der Waals surface area (Å²) in [6.07, 6.45) is 5.46. The van der Waals surface area contributed by atoms with E-state index in [1.165, 1.54) is 9.36 Å². The Morgan fingerprint density at radius 1 is 1.50 bits per heavy atom. The van der Waals surface area contributed by atoms with Crippen molar-refractivity contribution in [3.8, 4) is 0 Å². The summed E-state index contributed by atoms with van der Waals surface area (Å²) in [5, 5.41) is 7.46. The van der Waals surface area contributed by atoms with Crippen LogP contribution in [0.25, 0.3) is 6.20 Å². The molecule has 0 aliphatic heterocycles. The highest BCUT2D eigenvalue weighted by Gasteiger charge is 2.27. The Morgan fingerprint density at radius 2 is 2.25 bits per heavy atom. The van der Waals surface area contributed by atoms with Gasteiger partial charge in [-0.3, -0.25) is 0 Å². The molecule has 0 spiro atoms. The first-order valence-electron chi connectivity index (χ1n) is 3.99. The second-order valence-corrected chi connectivity index (χ2v) is 2.86. The third-order valence-corrected chi connectivity index (χ3v) is 1.81. The van der Waals surface area contributed by atoms with E-state index in [2.05, 4.69) is 10.4 Å². The highest BCUT2D eigenvalue weighted by Crippen LogP contribution is 2.32. The van der Waals surface area contributed by atoms with Crippen molar-refractivity contribution >= 4 is 6.20 Å². The number of hydrogen-bond acceptors (Lipinski definition) is 3. The van der Waals surface area contributed by atoms with Crippen molar-refractivity contribution in [1.29, 1.82) is 0 Å². The molecule has 1 aliphatic carbocycles. The summed E-state index contributed by atoms with van der Waals surface area (Å²) >= 11 is 0. The highest BCUT2D eigenvalue weighted by molar-refractivity contribution is 5.16. The Kier molecular flexibility index (Phi) is 1.56. The number of nitrogens with zero attached hydrogens (tertiary/aromatic N) is 4. The molecule has 1 saturated carbocycles. The van der Waals surface area contributed by atoms with Crippen LogP contribution in [0, 0.1) is 0 Å². The van der Waals surface area contributed by atoms with Crippen LogP contribution in [-0.4, -0.2) is 19.8 Å². The van der Waals surface area contributed by atoms with E-state index >= 15 is 0 Å². The van der Waals surface area contributed by atoms with Crippen LogP contribution in [0.4, 0.5) is 0 Å². The maximum atomic E-state index is 11.4. The molecule has 12 heavy (non-hydrogen) atoms. The van der Waals surface area contributed by atoms with Gasteiger partial charge in [0.1, 0.15) is 0 Å². The molecule has 0 aromatic carbocycles. The minimum absolute atomic E-state index is 0.143. The molecule has 0 saturated heterocycles. The smallest absolute Gasteiger partial charge is 0.244 e. The molecule has 1 aromatic rings. The van der Waals surface area contributed by atoms with E-state index < -0.39 is 0 Å². The lowest BCUT2D eigenvalue weighted by Crippen LogP contribution is -2.21. The van der Waals surface area contributed by atoms with Crippen LogP contribution in [0.2, 0.25) is 0 Å². The molecule has 5 heteroatoms. The van der Waals surface area contributed by atoms with E-state index in [-0.39, 0.29) is 5.69 Å². The number of rotatable bonds is 2. The Bertz CT molecular complexity index is 358. The predicted octanol–water partition coefficient (Wildman–Crippen LogP) is 0.265. The Morgan fingerprint density at radius 3 is 2.83 bits per heavy atom. The maximum absolute atomic E-state index is 11.4. The lowest BCUT2D eigenvalue weighted by molar-refractivity contribution is 0.593. The highest BCUT2D eigenvalue weighted by atomic mass is 16.2. The van der Waals surface area contributed by atoms with Crippen molar-refractivity contribution in [1.82, 2.24) is 19.8 Å². The molecule has 0 atom stereocenters. The van der Waals surface area contributed by atoms with Gasteiger partial charge in [-0.25, -0.2) is 4.79 Å².